The summed E-state index contributed by atoms with van der Waals surface area (Å²) in [4.78, 5) is 2.51. The number of likely N-dealkylation sites (tertiary alicyclic amines) is 1. The Kier molecular flexibility index (Phi) is 3.10. The van der Waals surface area contributed by atoms with Gasteiger partial charge in [-0.25, -0.2) is 0 Å². The van der Waals surface area contributed by atoms with Gasteiger partial charge in [0.15, 0.2) is 0 Å². The molecule has 2 rings (SSSR count). The fourth-order valence-corrected chi connectivity index (χ4v) is 2.83. The molecule has 0 aromatic carbocycles. The lowest BCUT2D eigenvalue weighted by molar-refractivity contribution is 0.125. The number of hydrogen-bond acceptors (Lipinski definition) is 3. The first kappa shape index (κ1) is 10.8. The Morgan fingerprint density at radius 3 is 2.71 bits per heavy atom. The maximum Gasteiger partial charge on any atom is 0.0552 e. The van der Waals surface area contributed by atoms with E-state index in [2.05, 4.69) is 17.5 Å². The molecule has 82 valence electrons. The molecule has 2 unspecified atom stereocenters. The summed E-state index contributed by atoms with van der Waals surface area (Å²) >= 11 is 4.42. The Morgan fingerprint density at radius 1 is 1.57 bits per heavy atom. The maximum atomic E-state index is 9.50. The average Bonchev–Trinajstić information content (AvgIpc) is 2.75. The molecule has 0 spiro atoms. The summed E-state index contributed by atoms with van der Waals surface area (Å²) in [6.07, 6.45) is 3.74. The minimum atomic E-state index is -0.133. The van der Waals surface area contributed by atoms with E-state index in [1.165, 1.54) is 32.4 Å². The van der Waals surface area contributed by atoms with Gasteiger partial charge in [0.2, 0.25) is 0 Å². The highest BCUT2D eigenvalue weighted by Gasteiger charge is 2.43. The van der Waals surface area contributed by atoms with Gasteiger partial charge in [-0.1, -0.05) is 0 Å². The third-order valence-electron chi connectivity index (χ3n) is 3.84. The van der Waals surface area contributed by atoms with Crippen molar-refractivity contribution in [3.8, 4) is 0 Å². The van der Waals surface area contributed by atoms with Crippen molar-refractivity contribution in [2.24, 2.45) is 11.3 Å². The SMILES string of the molecule is CC(O)C1CCN(CC2(CS)CC2)C1. The van der Waals surface area contributed by atoms with Gasteiger partial charge in [-0.2, -0.15) is 12.6 Å². The van der Waals surface area contributed by atoms with Crippen LogP contribution in [-0.2, 0) is 0 Å². The van der Waals surface area contributed by atoms with E-state index in [1.807, 2.05) is 6.92 Å². The van der Waals surface area contributed by atoms with Gasteiger partial charge in [0.05, 0.1) is 6.10 Å². The average molecular weight is 215 g/mol. The zero-order valence-electron chi connectivity index (χ0n) is 8.95. The smallest absolute Gasteiger partial charge is 0.0552 e. The van der Waals surface area contributed by atoms with Crippen LogP contribution >= 0.6 is 12.6 Å². The van der Waals surface area contributed by atoms with Crippen LogP contribution in [0, 0.1) is 11.3 Å². The highest BCUT2D eigenvalue weighted by Crippen LogP contribution is 2.47. The van der Waals surface area contributed by atoms with E-state index in [-0.39, 0.29) is 6.10 Å². The van der Waals surface area contributed by atoms with E-state index in [0.29, 0.717) is 11.3 Å². The van der Waals surface area contributed by atoms with Crippen molar-refractivity contribution in [2.75, 3.05) is 25.4 Å². The molecule has 1 aliphatic heterocycles. The predicted molar refractivity (Wildman–Crippen MR) is 61.7 cm³/mol. The maximum absolute atomic E-state index is 9.50. The largest absolute Gasteiger partial charge is 0.393 e. The monoisotopic (exact) mass is 215 g/mol. The Balaban J connectivity index is 1.79. The zero-order chi connectivity index (χ0) is 10.2. The Hall–Kier alpha value is 0.270. The molecule has 1 N–H and O–H groups in total. The Morgan fingerprint density at radius 2 is 2.29 bits per heavy atom. The quantitative estimate of drug-likeness (QED) is 0.693. The molecule has 1 aliphatic carbocycles. The third kappa shape index (κ3) is 2.26. The Labute approximate surface area is 92.1 Å². The number of thiol groups is 1. The molecule has 1 heterocycles. The lowest BCUT2D eigenvalue weighted by atomic mass is 10.0. The highest BCUT2D eigenvalue weighted by molar-refractivity contribution is 7.80. The summed E-state index contributed by atoms with van der Waals surface area (Å²) in [7, 11) is 0. The molecule has 1 saturated heterocycles. The van der Waals surface area contributed by atoms with Crippen molar-refractivity contribution in [1.82, 2.24) is 4.90 Å². The molecular weight excluding hydrogens is 194 g/mol. The molecular formula is C11H21NOS. The molecule has 0 radical (unpaired) electrons. The van der Waals surface area contributed by atoms with Crippen LogP contribution in [0.5, 0.6) is 0 Å². The van der Waals surface area contributed by atoms with E-state index in [4.69, 9.17) is 0 Å². The van der Waals surface area contributed by atoms with Gasteiger partial charge in [-0.15, -0.1) is 0 Å². The summed E-state index contributed by atoms with van der Waals surface area (Å²) in [5.74, 6) is 1.54. The lowest BCUT2D eigenvalue weighted by Crippen LogP contribution is -2.30. The van der Waals surface area contributed by atoms with Crippen molar-refractivity contribution in [1.29, 1.82) is 0 Å². The number of aliphatic hydroxyl groups is 1. The minimum Gasteiger partial charge on any atom is -0.393 e. The molecule has 14 heavy (non-hydrogen) atoms. The number of rotatable bonds is 4. The van der Waals surface area contributed by atoms with Crippen molar-refractivity contribution in [3.05, 3.63) is 0 Å². The van der Waals surface area contributed by atoms with Crippen LogP contribution in [0.1, 0.15) is 26.2 Å². The van der Waals surface area contributed by atoms with Crippen molar-refractivity contribution in [2.45, 2.75) is 32.3 Å². The summed E-state index contributed by atoms with van der Waals surface area (Å²) in [6.45, 7) is 5.39. The molecule has 0 aromatic rings. The van der Waals surface area contributed by atoms with Crippen LogP contribution in [0.4, 0.5) is 0 Å². The van der Waals surface area contributed by atoms with Crippen molar-refractivity contribution in [3.63, 3.8) is 0 Å². The second kappa shape index (κ2) is 4.03. The predicted octanol–water partition coefficient (Wildman–Crippen LogP) is 1.40. The lowest BCUT2D eigenvalue weighted by Gasteiger charge is -2.22. The van der Waals surface area contributed by atoms with Gasteiger partial charge in [0, 0.05) is 13.1 Å². The van der Waals surface area contributed by atoms with Gasteiger partial charge >= 0.3 is 0 Å². The summed E-state index contributed by atoms with van der Waals surface area (Å²) in [5.41, 5.74) is 0.538. The third-order valence-corrected chi connectivity index (χ3v) is 4.51. The normalized spacial score (nSPS) is 33.2. The summed E-state index contributed by atoms with van der Waals surface area (Å²) in [5, 5.41) is 9.50. The summed E-state index contributed by atoms with van der Waals surface area (Å²) in [6, 6.07) is 0. The minimum absolute atomic E-state index is 0.133. The highest BCUT2D eigenvalue weighted by atomic mass is 32.1. The van der Waals surface area contributed by atoms with Crippen LogP contribution in [0.3, 0.4) is 0 Å². The number of hydrogen-bond donors (Lipinski definition) is 2. The van der Waals surface area contributed by atoms with Crippen molar-refractivity contribution < 1.29 is 5.11 Å². The van der Waals surface area contributed by atoms with Gasteiger partial charge in [-0.05, 0) is 49.8 Å². The van der Waals surface area contributed by atoms with Crippen LogP contribution in [0.25, 0.3) is 0 Å². The molecule has 2 nitrogen and oxygen atoms in total. The zero-order valence-corrected chi connectivity index (χ0v) is 9.84. The van der Waals surface area contributed by atoms with Crippen LogP contribution in [0.15, 0.2) is 0 Å². The molecule has 2 fully saturated rings. The topological polar surface area (TPSA) is 23.5 Å². The molecule has 1 saturated carbocycles. The van der Waals surface area contributed by atoms with Crippen LogP contribution in [0.2, 0.25) is 0 Å². The molecule has 0 bridgehead atoms. The first-order chi connectivity index (χ1) is 6.65. The second-order valence-electron chi connectivity index (χ2n) is 5.18. The molecule has 0 aromatic heterocycles. The van der Waals surface area contributed by atoms with E-state index in [9.17, 15) is 5.11 Å². The van der Waals surface area contributed by atoms with E-state index < -0.39 is 0 Å². The number of aliphatic hydroxyl groups excluding tert-OH is 1. The van der Waals surface area contributed by atoms with Crippen LogP contribution in [-0.4, -0.2) is 41.5 Å². The fourth-order valence-electron chi connectivity index (χ4n) is 2.42. The van der Waals surface area contributed by atoms with Crippen molar-refractivity contribution >= 4 is 12.6 Å². The van der Waals surface area contributed by atoms with E-state index >= 15 is 0 Å². The van der Waals surface area contributed by atoms with Gasteiger partial charge in [0.25, 0.3) is 0 Å². The summed E-state index contributed by atoms with van der Waals surface area (Å²) < 4.78 is 0. The van der Waals surface area contributed by atoms with Gasteiger partial charge in [-0.3, -0.25) is 0 Å². The molecule has 2 aliphatic rings. The number of nitrogens with zero attached hydrogens (tertiary/aromatic N) is 1. The standard InChI is InChI=1S/C11H21NOS/c1-9(13)10-2-5-12(6-10)7-11(8-14)3-4-11/h9-10,13-14H,2-8H2,1H3. The van der Waals surface area contributed by atoms with E-state index in [1.54, 1.807) is 0 Å². The molecule has 2 atom stereocenters. The Bertz CT molecular complexity index is 203. The second-order valence-corrected chi connectivity index (χ2v) is 5.50. The van der Waals surface area contributed by atoms with E-state index in [0.717, 1.165) is 12.3 Å². The van der Waals surface area contributed by atoms with Crippen LogP contribution < -0.4 is 0 Å². The molecule has 3 heteroatoms. The van der Waals surface area contributed by atoms with Gasteiger partial charge in [0.1, 0.15) is 0 Å². The molecule has 0 amide bonds. The first-order valence-corrected chi connectivity index (χ1v) is 6.30. The fraction of sp³-hybridized carbons (Fsp3) is 1.00. The van der Waals surface area contributed by atoms with Gasteiger partial charge < -0.3 is 10.0 Å². The first-order valence-electron chi connectivity index (χ1n) is 5.66.